The van der Waals surface area contributed by atoms with E-state index in [4.69, 9.17) is 10.5 Å². The van der Waals surface area contributed by atoms with Gasteiger partial charge in [0.25, 0.3) is 0 Å². The molecule has 1 aliphatic carbocycles. The van der Waals surface area contributed by atoms with Crippen LogP contribution in [-0.2, 0) is 6.42 Å². The van der Waals surface area contributed by atoms with Crippen LogP contribution in [0.3, 0.4) is 0 Å². The van der Waals surface area contributed by atoms with Gasteiger partial charge in [-0.2, -0.15) is 0 Å². The van der Waals surface area contributed by atoms with E-state index >= 15 is 0 Å². The molecule has 88 valence electrons. The second-order valence-corrected chi connectivity index (χ2v) is 4.61. The lowest BCUT2D eigenvalue weighted by atomic mass is 9.93. The van der Waals surface area contributed by atoms with Gasteiger partial charge in [0.2, 0.25) is 0 Å². The number of hydrogen-bond donors (Lipinski definition) is 1. The minimum atomic E-state index is 0.207. The first-order valence-electron chi connectivity index (χ1n) is 6.31. The van der Waals surface area contributed by atoms with Crippen LogP contribution in [0.15, 0.2) is 24.3 Å². The van der Waals surface area contributed by atoms with E-state index in [2.05, 4.69) is 25.1 Å². The van der Waals surface area contributed by atoms with Crippen molar-refractivity contribution in [3.05, 3.63) is 29.8 Å². The molecule has 1 aliphatic rings. The third kappa shape index (κ3) is 2.76. The highest BCUT2D eigenvalue weighted by atomic mass is 16.5. The van der Waals surface area contributed by atoms with E-state index in [1.165, 1.54) is 18.4 Å². The van der Waals surface area contributed by atoms with Crippen molar-refractivity contribution in [3.63, 3.8) is 0 Å². The zero-order chi connectivity index (χ0) is 11.4. The van der Waals surface area contributed by atoms with Gasteiger partial charge in [0.1, 0.15) is 11.9 Å². The highest BCUT2D eigenvalue weighted by Gasteiger charge is 2.23. The molecule has 0 heterocycles. The molecule has 1 fully saturated rings. The molecule has 16 heavy (non-hydrogen) atoms. The highest BCUT2D eigenvalue weighted by Crippen LogP contribution is 2.23. The Hall–Kier alpha value is -1.02. The van der Waals surface area contributed by atoms with Gasteiger partial charge in [-0.15, -0.1) is 0 Å². The first kappa shape index (κ1) is 11.5. The molecule has 1 aromatic carbocycles. The molecule has 0 spiro atoms. The zero-order valence-corrected chi connectivity index (χ0v) is 9.99. The summed E-state index contributed by atoms with van der Waals surface area (Å²) in [6.07, 6.45) is 5.94. The van der Waals surface area contributed by atoms with Crippen molar-refractivity contribution >= 4 is 0 Å². The minimum absolute atomic E-state index is 0.207. The van der Waals surface area contributed by atoms with Gasteiger partial charge in [-0.1, -0.05) is 25.5 Å². The van der Waals surface area contributed by atoms with Gasteiger partial charge in [0.05, 0.1) is 0 Å². The van der Waals surface area contributed by atoms with Gasteiger partial charge < -0.3 is 10.5 Å². The largest absolute Gasteiger partial charge is 0.489 e. The van der Waals surface area contributed by atoms with Crippen LogP contribution in [-0.4, -0.2) is 12.1 Å². The molecule has 2 atom stereocenters. The van der Waals surface area contributed by atoms with Crippen molar-refractivity contribution < 1.29 is 4.74 Å². The highest BCUT2D eigenvalue weighted by molar-refractivity contribution is 5.28. The lowest BCUT2D eigenvalue weighted by Gasteiger charge is -2.29. The van der Waals surface area contributed by atoms with Crippen LogP contribution in [0.4, 0.5) is 0 Å². The number of nitrogens with two attached hydrogens (primary N) is 1. The Balaban J connectivity index is 2.01. The monoisotopic (exact) mass is 219 g/mol. The fourth-order valence-electron chi connectivity index (χ4n) is 2.29. The second-order valence-electron chi connectivity index (χ2n) is 4.61. The van der Waals surface area contributed by atoms with E-state index in [0.717, 1.165) is 25.0 Å². The predicted molar refractivity (Wildman–Crippen MR) is 66.7 cm³/mol. The fourth-order valence-corrected chi connectivity index (χ4v) is 2.29. The van der Waals surface area contributed by atoms with Crippen molar-refractivity contribution in [3.8, 4) is 5.75 Å². The second kappa shape index (κ2) is 5.35. The lowest BCUT2D eigenvalue weighted by molar-refractivity contribution is 0.132. The number of rotatable bonds is 3. The topological polar surface area (TPSA) is 35.2 Å². The summed E-state index contributed by atoms with van der Waals surface area (Å²) in [6, 6.07) is 8.55. The van der Waals surface area contributed by atoms with E-state index in [9.17, 15) is 0 Å². The van der Waals surface area contributed by atoms with Gasteiger partial charge in [-0.3, -0.25) is 0 Å². The van der Waals surface area contributed by atoms with Gasteiger partial charge in [-0.25, -0.2) is 0 Å². The Kier molecular flexibility index (Phi) is 3.83. The molecule has 1 aromatic rings. The molecule has 1 saturated carbocycles. The molecule has 2 nitrogen and oxygen atoms in total. The van der Waals surface area contributed by atoms with Crippen LogP contribution in [0.25, 0.3) is 0 Å². The van der Waals surface area contributed by atoms with Crippen molar-refractivity contribution in [2.75, 3.05) is 0 Å². The minimum Gasteiger partial charge on any atom is -0.489 e. The Labute approximate surface area is 97.8 Å². The molecular weight excluding hydrogens is 198 g/mol. The molecule has 0 saturated heterocycles. The molecular formula is C14H21NO. The third-order valence-electron chi connectivity index (χ3n) is 3.35. The SMILES string of the molecule is CCc1cccc(OC2CCCCC2N)c1. The van der Waals surface area contributed by atoms with Gasteiger partial charge >= 0.3 is 0 Å². The van der Waals surface area contributed by atoms with E-state index in [0.29, 0.717) is 0 Å². The standard InChI is InChI=1S/C14H21NO/c1-2-11-6-5-7-12(10-11)16-14-9-4-3-8-13(14)15/h5-7,10,13-14H,2-4,8-9,15H2,1H3. The normalized spacial score (nSPS) is 25.4. The maximum atomic E-state index is 6.07. The van der Waals surface area contributed by atoms with Crippen LogP contribution in [0.5, 0.6) is 5.75 Å². The lowest BCUT2D eigenvalue weighted by Crippen LogP contribution is -2.41. The average molecular weight is 219 g/mol. The zero-order valence-electron chi connectivity index (χ0n) is 9.99. The first-order valence-corrected chi connectivity index (χ1v) is 6.31. The summed E-state index contributed by atoms with van der Waals surface area (Å²) < 4.78 is 5.99. The molecule has 0 bridgehead atoms. The van der Waals surface area contributed by atoms with Crippen LogP contribution in [0.1, 0.15) is 38.2 Å². The Bertz CT molecular complexity index is 337. The number of ether oxygens (including phenoxy) is 1. The summed E-state index contributed by atoms with van der Waals surface area (Å²) in [6.45, 7) is 2.16. The Morgan fingerprint density at radius 3 is 2.88 bits per heavy atom. The predicted octanol–water partition coefficient (Wildman–Crippen LogP) is 2.90. The summed E-state index contributed by atoms with van der Waals surface area (Å²) in [4.78, 5) is 0. The molecule has 2 heteroatoms. The van der Waals surface area contributed by atoms with Crippen molar-refractivity contribution in [2.45, 2.75) is 51.2 Å². The maximum absolute atomic E-state index is 6.07. The summed E-state index contributed by atoms with van der Waals surface area (Å²) in [7, 11) is 0. The van der Waals surface area contributed by atoms with Crippen LogP contribution in [0, 0.1) is 0 Å². The van der Waals surface area contributed by atoms with Crippen LogP contribution in [0.2, 0.25) is 0 Å². The molecule has 2 unspecified atom stereocenters. The average Bonchev–Trinajstić information content (AvgIpc) is 2.32. The molecule has 0 amide bonds. The fraction of sp³-hybridized carbons (Fsp3) is 0.571. The Morgan fingerprint density at radius 2 is 2.12 bits per heavy atom. The summed E-state index contributed by atoms with van der Waals surface area (Å²) in [5, 5.41) is 0. The van der Waals surface area contributed by atoms with Crippen molar-refractivity contribution in [1.82, 2.24) is 0 Å². The van der Waals surface area contributed by atoms with Gasteiger partial charge in [0, 0.05) is 6.04 Å². The summed E-state index contributed by atoms with van der Waals surface area (Å²) in [5.74, 6) is 0.974. The quantitative estimate of drug-likeness (QED) is 0.848. The van der Waals surface area contributed by atoms with Crippen LogP contribution < -0.4 is 10.5 Å². The first-order chi connectivity index (χ1) is 7.79. The molecule has 0 aromatic heterocycles. The van der Waals surface area contributed by atoms with E-state index < -0.39 is 0 Å². The summed E-state index contributed by atoms with van der Waals surface area (Å²) >= 11 is 0. The molecule has 2 rings (SSSR count). The molecule has 2 N–H and O–H groups in total. The molecule has 0 aliphatic heterocycles. The van der Waals surface area contributed by atoms with Gasteiger partial charge in [0.15, 0.2) is 0 Å². The third-order valence-corrected chi connectivity index (χ3v) is 3.35. The summed E-state index contributed by atoms with van der Waals surface area (Å²) in [5.41, 5.74) is 7.39. The number of aryl methyl sites for hydroxylation is 1. The Morgan fingerprint density at radius 1 is 1.31 bits per heavy atom. The smallest absolute Gasteiger partial charge is 0.120 e. The number of benzene rings is 1. The van der Waals surface area contributed by atoms with Crippen molar-refractivity contribution in [1.29, 1.82) is 0 Å². The van der Waals surface area contributed by atoms with E-state index in [1.807, 2.05) is 6.07 Å². The maximum Gasteiger partial charge on any atom is 0.120 e. The van der Waals surface area contributed by atoms with Crippen LogP contribution >= 0.6 is 0 Å². The molecule has 0 radical (unpaired) electrons. The van der Waals surface area contributed by atoms with Crippen molar-refractivity contribution in [2.24, 2.45) is 5.73 Å². The van der Waals surface area contributed by atoms with E-state index in [1.54, 1.807) is 0 Å². The van der Waals surface area contributed by atoms with Gasteiger partial charge in [-0.05, 0) is 43.4 Å². The van der Waals surface area contributed by atoms with E-state index in [-0.39, 0.29) is 12.1 Å². The number of hydrogen-bond acceptors (Lipinski definition) is 2.